The number of nitrogens with zero attached hydrogens (tertiary/aromatic N) is 2. The van der Waals surface area contributed by atoms with E-state index in [2.05, 4.69) is 11.9 Å². The number of hydrogen-bond acceptors (Lipinski definition) is 4. The van der Waals surface area contributed by atoms with Crippen LogP contribution >= 0.6 is 0 Å². The van der Waals surface area contributed by atoms with Crippen LogP contribution in [0.5, 0.6) is 0 Å². The number of hydrogen-bond donors (Lipinski definition) is 0. The fourth-order valence-corrected chi connectivity index (χ4v) is 3.45. The van der Waals surface area contributed by atoms with Gasteiger partial charge in [-0.25, -0.2) is 0 Å². The van der Waals surface area contributed by atoms with Crippen LogP contribution in [0.1, 0.15) is 32.1 Å². The number of amides is 1. The van der Waals surface area contributed by atoms with Gasteiger partial charge in [0.05, 0.1) is 13.2 Å². The molecule has 1 spiro atoms. The molecule has 5 nitrogen and oxygen atoms in total. The summed E-state index contributed by atoms with van der Waals surface area (Å²) in [6, 6.07) is 0.447. The van der Waals surface area contributed by atoms with Crippen molar-refractivity contribution in [2.45, 2.75) is 43.9 Å². The van der Waals surface area contributed by atoms with Gasteiger partial charge in [-0.15, -0.1) is 0 Å². The summed E-state index contributed by atoms with van der Waals surface area (Å²) < 4.78 is 11.4. The molecule has 0 aromatic rings. The molecular weight excluding hydrogens is 244 g/mol. The second kappa shape index (κ2) is 5.38. The minimum Gasteiger partial charge on any atom is -0.347 e. The van der Waals surface area contributed by atoms with Gasteiger partial charge in [-0.05, 0) is 26.4 Å². The monoisotopic (exact) mass is 268 g/mol. The third-order valence-electron chi connectivity index (χ3n) is 4.77. The molecule has 3 aliphatic heterocycles. The Labute approximate surface area is 114 Å². The van der Waals surface area contributed by atoms with Crippen LogP contribution in [0.15, 0.2) is 0 Å². The van der Waals surface area contributed by atoms with Gasteiger partial charge < -0.3 is 19.3 Å². The van der Waals surface area contributed by atoms with E-state index < -0.39 is 0 Å². The van der Waals surface area contributed by atoms with Crippen molar-refractivity contribution < 1.29 is 14.3 Å². The Morgan fingerprint density at radius 2 is 1.89 bits per heavy atom. The summed E-state index contributed by atoms with van der Waals surface area (Å²) in [4.78, 5) is 16.6. The lowest BCUT2D eigenvalue weighted by atomic mass is 10.0. The molecule has 0 saturated carbocycles. The lowest BCUT2D eigenvalue weighted by Gasteiger charge is -2.38. The van der Waals surface area contributed by atoms with Crippen LogP contribution < -0.4 is 0 Å². The summed E-state index contributed by atoms with van der Waals surface area (Å²) in [5.74, 6) is -0.0763. The number of carbonyl (C=O) groups is 1. The van der Waals surface area contributed by atoms with Crippen molar-refractivity contribution in [2.75, 3.05) is 39.9 Å². The van der Waals surface area contributed by atoms with Gasteiger partial charge in [0.15, 0.2) is 5.79 Å². The largest absolute Gasteiger partial charge is 0.347 e. The first kappa shape index (κ1) is 13.3. The normalized spacial score (nSPS) is 31.2. The first-order valence-electron chi connectivity index (χ1n) is 7.44. The average Bonchev–Trinajstić information content (AvgIpc) is 3.01. The fourth-order valence-electron chi connectivity index (χ4n) is 3.45. The van der Waals surface area contributed by atoms with Gasteiger partial charge in [-0.1, -0.05) is 0 Å². The Kier molecular flexibility index (Phi) is 3.78. The molecule has 0 radical (unpaired) electrons. The summed E-state index contributed by atoms with van der Waals surface area (Å²) in [6.07, 6.45) is 4.69. The first-order chi connectivity index (χ1) is 9.19. The van der Waals surface area contributed by atoms with Crippen molar-refractivity contribution in [1.82, 2.24) is 9.80 Å². The molecule has 0 N–H and O–H groups in total. The summed E-state index contributed by atoms with van der Waals surface area (Å²) in [7, 11) is 2.12. The van der Waals surface area contributed by atoms with Crippen LogP contribution in [-0.4, -0.2) is 67.4 Å². The van der Waals surface area contributed by atoms with Crippen LogP contribution in [0.2, 0.25) is 0 Å². The van der Waals surface area contributed by atoms with Gasteiger partial charge in [0.25, 0.3) is 0 Å². The van der Waals surface area contributed by atoms with Crippen LogP contribution in [0.25, 0.3) is 0 Å². The molecule has 3 fully saturated rings. The minimum atomic E-state index is -0.374. The molecule has 3 heterocycles. The predicted octanol–water partition coefficient (Wildman–Crippen LogP) is 0.836. The molecule has 0 aliphatic carbocycles. The highest BCUT2D eigenvalue weighted by molar-refractivity contribution is 5.77. The van der Waals surface area contributed by atoms with Crippen molar-refractivity contribution in [3.8, 4) is 0 Å². The van der Waals surface area contributed by atoms with Crippen molar-refractivity contribution in [3.63, 3.8) is 0 Å². The van der Waals surface area contributed by atoms with E-state index in [4.69, 9.17) is 9.47 Å². The number of carbonyl (C=O) groups excluding carboxylic acids is 1. The van der Waals surface area contributed by atoms with Crippen molar-refractivity contribution in [1.29, 1.82) is 0 Å². The number of piperidine rings is 1. The molecule has 1 unspecified atom stereocenters. The fraction of sp³-hybridized carbons (Fsp3) is 0.929. The van der Waals surface area contributed by atoms with Crippen LogP contribution in [-0.2, 0) is 14.3 Å². The summed E-state index contributed by atoms with van der Waals surface area (Å²) in [5, 5.41) is 0. The van der Waals surface area contributed by atoms with E-state index in [-0.39, 0.29) is 5.79 Å². The Bertz CT molecular complexity index is 332. The SMILES string of the molecule is CN1CCCC1CC(=O)N1CCC2(CC1)OCCO2. The molecule has 0 aromatic heterocycles. The maximum absolute atomic E-state index is 12.3. The number of rotatable bonds is 2. The molecule has 3 aliphatic rings. The van der Waals surface area contributed by atoms with Crippen LogP contribution in [0.4, 0.5) is 0 Å². The highest BCUT2D eigenvalue weighted by atomic mass is 16.7. The van der Waals surface area contributed by atoms with Gasteiger partial charge in [0, 0.05) is 38.4 Å². The first-order valence-corrected chi connectivity index (χ1v) is 7.44. The van der Waals surface area contributed by atoms with Crippen molar-refractivity contribution in [3.05, 3.63) is 0 Å². The Morgan fingerprint density at radius 1 is 1.21 bits per heavy atom. The van der Waals surface area contributed by atoms with Crippen molar-refractivity contribution in [2.24, 2.45) is 0 Å². The third-order valence-corrected chi connectivity index (χ3v) is 4.77. The summed E-state index contributed by atoms with van der Waals surface area (Å²) in [5.41, 5.74) is 0. The molecule has 1 amide bonds. The second-order valence-electron chi connectivity index (χ2n) is 5.97. The van der Waals surface area contributed by atoms with Gasteiger partial charge in [-0.3, -0.25) is 4.79 Å². The third kappa shape index (κ3) is 2.78. The highest BCUT2D eigenvalue weighted by Crippen LogP contribution is 2.31. The van der Waals surface area contributed by atoms with E-state index in [1.165, 1.54) is 6.42 Å². The molecule has 0 bridgehead atoms. The molecular formula is C14H24N2O3. The minimum absolute atomic E-state index is 0.298. The van der Waals surface area contributed by atoms with E-state index in [1.54, 1.807) is 0 Å². The van der Waals surface area contributed by atoms with Crippen LogP contribution in [0.3, 0.4) is 0 Å². The molecule has 3 saturated heterocycles. The molecule has 5 heteroatoms. The maximum atomic E-state index is 12.3. The van der Waals surface area contributed by atoms with Crippen molar-refractivity contribution >= 4 is 5.91 Å². The van der Waals surface area contributed by atoms with E-state index in [0.717, 1.165) is 38.9 Å². The molecule has 1 atom stereocenters. The highest BCUT2D eigenvalue weighted by Gasteiger charge is 2.41. The smallest absolute Gasteiger partial charge is 0.224 e. The quantitative estimate of drug-likeness (QED) is 0.744. The van der Waals surface area contributed by atoms with E-state index in [9.17, 15) is 4.79 Å². The topological polar surface area (TPSA) is 42.0 Å². The van der Waals surface area contributed by atoms with E-state index in [1.807, 2.05) is 4.90 Å². The molecule has 0 aromatic carbocycles. The number of likely N-dealkylation sites (tertiary alicyclic amines) is 2. The standard InChI is InChI=1S/C14H24N2O3/c1-15-6-2-3-12(15)11-13(17)16-7-4-14(5-8-16)18-9-10-19-14/h12H,2-11H2,1H3. The molecule has 3 rings (SSSR count). The number of ether oxygens (including phenoxy) is 2. The maximum Gasteiger partial charge on any atom is 0.224 e. The summed E-state index contributed by atoms with van der Waals surface area (Å²) in [6.45, 7) is 4.06. The van der Waals surface area contributed by atoms with E-state index in [0.29, 0.717) is 31.6 Å². The van der Waals surface area contributed by atoms with Gasteiger partial charge in [0.1, 0.15) is 0 Å². The predicted molar refractivity (Wildman–Crippen MR) is 70.7 cm³/mol. The Balaban J connectivity index is 1.49. The van der Waals surface area contributed by atoms with Gasteiger partial charge >= 0.3 is 0 Å². The average molecular weight is 268 g/mol. The lowest BCUT2D eigenvalue weighted by Crippen LogP contribution is -2.48. The molecule has 19 heavy (non-hydrogen) atoms. The Morgan fingerprint density at radius 3 is 2.47 bits per heavy atom. The lowest BCUT2D eigenvalue weighted by molar-refractivity contribution is -0.187. The van der Waals surface area contributed by atoms with Gasteiger partial charge in [0.2, 0.25) is 5.91 Å². The zero-order chi connectivity index (χ0) is 13.3. The second-order valence-corrected chi connectivity index (χ2v) is 5.97. The van der Waals surface area contributed by atoms with Gasteiger partial charge in [-0.2, -0.15) is 0 Å². The van der Waals surface area contributed by atoms with E-state index >= 15 is 0 Å². The summed E-state index contributed by atoms with van der Waals surface area (Å²) >= 11 is 0. The Hall–Kier alpha value is -0.650. The zero-order valence-electron chi connectivity index (χ0n) is 11.8. The zero-order valence-corrected chi connectivity index (χ0v) is 11.8. The molecule has 108 valence electrons. The van der Waals surface area contributed by atoms with Crippen LogP contribution in [0, 0.1) is 0 Å².